The molecule has 0 saturated carbocycles. The Labute approximate surface area is 107 Å². The molecule has 17 heavy (non-hydrogen) atoms. The van der Waals surface area contributed by atoms with E-state index in [0.717, 1.165) is 16.9 Å². The fourth-order valence-electron chi connectivity index (χ4n) is 1.84. The Morgan fingerprint density at radius 1 is 1.00 bits per heavy atom. The Morgan fingerprint density at radius 2 is 1.59 bits per heavy atom. The number of hydrogen-bond donors (Lipinski definition) is 0. The molecule has 0 aliphatic carbocycles. The third-order valence-electron chi connectivity index (χ3n) is 2.94. The molecule has 2 heteroatoms. The van der Waals surface area contributed by atoms with E-state index in [1.54, 1.807) is 6.26 Å². The average Bonchev–Trinajstić information content (AvgIpc) is 2.75. The Kier molecular flexibility index (Phi) is 3.58. The van der Waals surface area contributed by atoms with E-state index in [4.69, 9.17) is 16.0 Å². The van der Waals surface area contributed by atoms with Gasteiger partial charge in [-0.1, -0.05) is 38.1 Å². The third kappa shape index (κ3) is 2.73. The van der Waals surface area contributed by atoms with Crippen LogP contribution in [0.5, 0.6) is 0 Å². The predicted molar refractivity (Wildman–Crippen MR) is 71.7 cm³/mol. The Bertz CT molecular complexity index is 482. The summed E-state index contributed by atoms with van der Waals surface area (Å²) in [4.78, 5) is 0. The van der Waals surface area contributed by atoms with Gasteiger partial charge in [-0.05, 0) is 30.0 Å². The van der Waals surface area contributed by atoms with E-state index < -0.39 is 0 Å². The molecule has 0 radical (unpaired) electrons. The van der Waals surface area contributed by atoms with E-state index >= 15 is 0 Å². The quantitative estimate of drug-likeness (QED) is 0.694. The first-order valence-electron chi connectivity index (χ1n) is 5.87. The van der Waals surface area contributed by atoms with Crippen LogP contribution < -0.4 is 0 Å². The molecule has 0 aliphatic rings. The van der Waals surface area contributed by atoms with Crippen molar-refractivity contribution in [1.82, 2.24) is 0 Å². The van der Waals surface area contributed by atoms with Crippen molar-refractivity contribution in [1.29, 1.82) is 0 Å². The molecule has 0 saturated heterocycles. The van der Waals surface area contributed by atoms with Crippen LogP contribution in [0.1, 0.15) is 47.6 Å². The molecular formula is C15H17ClO. The summed E-state index contributed by atoms with van der Waals surface area (Å²) < 4.78 is 5.28. The summed E-state index contributed by atoms with van der Waals surface area (Å²) in [5, 5.41) is -0.131. The summed E-state index contributed by atoms with van der Waals surface area (Å²) in [6.45, 7) is 6.30. The number of halogens is 1. The minimum atomic E-state index is -0.131. The molecule has 2 aromatic rings. The van der Waals surface area contributed by atoms with Crippen LogP contribution in [0.4, 0.5) is 0 Å². The summed E-state index contributed by atoms with van der Waals surface area (Å²) in [5.74, 6) is 1.44. The van der Waals surface area contributed by atoms with Gasteiger partial charge in [-0.3, -0.25) is 0 Å². The first-order chi connectivity index (χ1) is 8.08. The molecule has 0 N–H and O–H groups in total. The van der Waals surface area contributed by atoms with Crippen molar-refractivity contribution >= 4 is 11.6 Å². The highest BCUT2D eigenvalue weighted by molar-refractivity contribution is 6.22. The van der Waals surface area contributed by atoms with Gasteiger partial charge >= 0.3 is 0 Å². The van der Waals surface area contributed by atoms with Crippen LogP contribution in [0.3, 0.4) is 0 Å². The highest BCUT2D eigenvalue weighted by Crippen LogP contribution is 2.30. The second-order valence-corrected chi connectivity index (χ2v) is 5.11. The molecule has 2 rings (SSSR count). The minimum Gasteiger partial charge on any atom is -0.469 e. The van der Waals surface area contributed by atoms with Gasteiger partial charge < -0.3 is 4.42 Å². The van der Waals surface area contributed by atoms with Gasteiger partial charge in [0.25, 0.3) is 0 Å². The lowest BCUT2D eigenvalue weighted by Crippen LogP contribution is -1.93. The molecule has 1 atom stereocenters. The van der Waals surface area contributed by atoms with Crippen LogP contribution >= 0.6 is 11.6 Å². The van der Waals surface area contributed by atoms with E-state index in [-0.39, 0.29) is 5.38 Å². The zero-order valence-electron chi connectivity index (χ0n) is 10.4. The Balaban J connectivity index is 2.22. The normalized spacial score (nSPS) is 13.0. The molecule has 90 valence electrons. The highest BCUT2D eigenvalue weighted by atomic mass is 35.5. The number of aryl methyl sites for hydroxylation is 1. The van der Waals surface area contributed by atoms with Gasteiger partial charge in [0.2, 0.25) is 0 Å². The minimum absolute atomic E-state index is 0.131. The number of furan rings is 1. The number of alkyl halides is 1. The van der Waals surface area contributed by atoms with Crippen LogP contribution in [0.2, 0.25) is 0 Å². The van der Waals surface area contributed by atoms with E-state index in [1.165, 1.54) is 5.56 Å². The molecule has 1 aromatic carbocycles. The maximum atomic E-state index is 6.42. The summed E-state index contributed by atoms with van der Waals surface area (Å²) >= 11 is 6.42. The second-order valence-electron chi connectivity index (χ2n) is 4.67. The van der Waals surface area contributed by atoms with E-state index in [0.29, 0.717) is 5.92 Å². The van der Waals surface area contributed by atoms with Crippen molar-refractivity contribution in [2.45, 2.75) is 32.1 Å². The van der Waals surface area contributed by atoms with Crippen LogP contribution in [0.25, 0.3) is 0 Å². The fourth-order valence-corrected chi connectivity index (χ4v) is 2.10. The molecule has 1 unspecified atom stereocenters. The van der Waals surface area contributed by atoms with Crippen molar-refractivity contribution < 1.29 is 4.42 Å². The van der Waals surface area contributed by atoms with Crippen molar-refractivity contribution in [3.8, 4) is 0 Å². The third-order valence-corrected chi connectivity index (χ3v) is 3.44. The molecule has 0 bridgehead atoms. The van der Waals surface area contributed by atoms with Crippen molar-refractivity contribution in [3.63, 3.8) is 0 Å². The monoisotopic (exact) mass is 248 g/mol. The standard InChI is InChI=1S/C15H17ClO/c1-10(2)12-4-6-13(7-5-12)15(16)14-8-11(3)17-9-14/h4-10,15H,1-3H3. The number of benzene rings is 1. The van der Waals surface area contributed by atoms with Gasteiger partial charge in [0.15, 0.2) is 0 Å². The van der Waals surface area contributed by atoms with Gasteiger partial charge in [-0.25, -0.2) is 0 Å². The van der Waals surface area contributed by atoms with Crippen LogP contribution in [0, 0.1) is 6.92 Å². The molecule has 0 spiro atoms. The Hall–Kier alpha value is -1.21. The first-order valence-corrected chi connectivity index (χ1v) is 6.30. The maximum Gasteiger partial charge on any atom is 0.101 e. The summed E-state index contributed by atoms with van der Waals surface area (Å²) in [5.41, 5.74) is 3.46. The van der Waals surface area contributed by atoms with Crippen molar-refractivity contribution in [2.24, 2.45) is 0 Å². The van der Waals surface area contributed by atoms with Gasteiger partial charge in [-0.15, -0.1) is 11.6 Å². The molecule has 0 amide bonds. The molecule has 1 nitrogen and oxygen atoms in total. The van der Waals surface area contributed by atoms with Crippen LogP contribution in [-0.4, -0.2) is 0 Å². The van der Waals surface area contributed by atoms with Gasteiger partial charge in [0.1, 0.15) is 5.76 Å². The molecule has 1 heterocycles. The van der Waals surface area contributed by atoms with Gasteiger partial charge in [0, 0.05) is 5.56 Å². The topological polar surface area (TPSA) is 13.1 Å². The Morgan fingerprint density at radius 3 is 2.06 bits per heavy atom. The summed E-state index contributed by atoms with van der Waals surface area (Å²) in [6, 6.07) is 10.4. The molecular weight excluding hydrogens is 232 g/mol. The van der Waals surface area contributed by atoms with Crippen molar-refractivity contribution in [2.75, 3.05) is 0 Å². The molecule has 0 fully saturated rings. The lowest BCUT2D eigenvalue weighted by atomic mass is 9.99. The average molecular weight is 249 g/mol. The van der Waals surface area contributed by atoms with Gasteiger partial charge in [-0.2, -0.15) is 0 Å². The number of hydrogen-bond acceptors (Lipinski definition) is 1. The number of rotatable bonds is 3. The second kappa shape index (κ2) is 4.97. The highest BCUT2D eigenvalue weighted by Gasteiger charge is 2.13. The van der Waals surface area contributed by atoms with Crippen LogP contribution in [0.15, 0.2) is 41.0 Å². The zero-order chi connectivity index (χ0) is 12.4. The maximum absolute atomic E-state index is 6.42. The zero-order valence-corrected chi connectivity index (χ0v) is 11.2. The molecule has 0 aliphatic heterocycles. The molecule has 1 aromatic heterocycles. The lowest BCUT2D eigenvalue weighted by molar-refractivity contribution is 0.532. The van der Waals surface area contributed by atoms with E-state index in [2.05, 4.69) is 38.1 Å². The largest absolute Gasteiger partial charge is 0.469 e. The van der Waals surface area contributed by atoms with Crippen molar-refractivity contribution in [3.05, 3.63) is 59.0 Å². The fraction of sp³-hybridized carbons (Fsp3) is 0.333. The van der Waals surface area contributed by atoms with Gasteiger partial charge in [0.05, 0.1) is 11.6 Å². The van der Waals surface area contributed by atoms with Crippen LogP contribution in [-0.2, 0) is 0 Å². The lowest BCUT2D eigenvalue weighted by Gasteiger charge is -2.10. The van der Waals surface area contributed by atoms with E-state index in [1.807, 2.05) is 13.0 Å². The summed E-state index contributed by atoms with van der Waals surface area (Å²) in [7, 11) is 0. The predicted octanol–water partition coefficient (Wildman–Crippen LogP) is 5.04. The SMILES string of the molecule is Cc1cc(C(Cl)c2ccc(C(C)C)cc2)co1. The van der Waals surface area contributed by atoms with E-state index in [9.17, 15) is 0 Å². The first kappa shape index (κ1) is 12.3. The summed E-state index contributed by atoms with van der Waals surface area (Å²) in [6.07, 6.45) is 1.73. The smallest absolute Gasteiger partial charge is 0.101 e.